The highest BCUT2D eigenvalue weighted by Crippen LogP contribution is 2.28. The van der Waals surface area contributed by atoms with Gasteiger partial charge in [-0.1, -0.05) is 18.2 Å². The van der Waals surface area contributed by atoms with Gasteiger partial charge in [-0.2, -0.15) is 0 Å². The SMILES string of the molecule is COC(=O)c1ccc2c(c1)nc(N)c1ncc(CCc3ccc(OC)cc3)cc12. The number of rotatable bonds is 5. The number of hydrogen-bond acceptors (Lipinski definition) is 6. The van der Waals surface area contributed by atoms with Gasteiger partial charge in [0.1, 0.15) is 11.3 Å². The molecule has 0 spiro atoms. The van der Waals surface area contributed by atoms with Gasteiger partial charge >= 0.3 is 5.97 Å². The molecule has 2 heterocycles. The number of aryl methyl sites for hydroxylation is 2. The molecule has 4 rings (SSSR count). The molecule has 6 nitrogen and oxygen atoms in total. The molecule has 0 amide bonds. The first-order valence-electron chi connectivity index (χ1n) is 9.28. The first kappa shape index (κ1) is 18.7. The average Bonchev–Trinajstić information content (AvgIpc) is 2.77. The maximum atomic E-state index is 11.8. The molecule has 2 aromatic heterocycles. The monoisotopic (exact) mass is 387 g/mol. The fraction of sp³-hybridized carbons (Fsp3) is 0.174. The van der Waals surface area contributed by atoms with E-state index in [2.05, 4.69) is 28.2 Å². The lowest BCUT2D eigenvalue weighted by Gasteiger charge is -2.09. The second-order valence-electron chi connectivity index (χ2n) is 6.81. The lowest BCUT2D eigenvalue weighted by Crippen LogP contribution is -2.02. The van der Waals surface area contributed by atoms with Crippen LogP contribution < -0.4 is 10.5 Å². The Balaban J connectivity index is 1.69. The van der Waals surface area contributed by atoms with Crippen LogP contribution in [0.3, 0.4) is 0 Å². The van der Waals surface area contributed by atoms with E-state index < -0.39 is 5.97 Å². The molecule has 2 aromatic carbocycles. The van der Waals surface area contributed by atoms with Gasteiger partial charge in [0, 0.05) is 17.0 Å². The highest BCUT2D eigenvalue weighted by atomic mass is 16.5. The Morgan fingerprint density at radius 1 is 0.966 bits per heavy atom. The number of anilines is 1. The summed E-state index contributed by atoms with van der Waals surface area (Å²) in [5, 5.41) is 1.83. The molecule has 2 N–H and O–H groups in total. The molecule has 0 saturated carbocycles. The van der Waals surface area contributed by atoms with Crippen LogP contribution in [0.4, 0.5) is 5.82 Å². The largest absolute Gasteiger partial charge is 0.497 e. The summed E-state index contributed by atoms with van der Waals surface area (Å²) < 4.78 is 10.00. The number of methoxy groups -OCH3 is 2. The molecular weight excluding hydrogens is 366 g/mol. The Morgan fingerprint density at radius 3 is 2.45 bits per heavy atom. The van der Waals surface area contributed by atoms with Gasteiger partial charge in [0.05, 0.1) is 25.3 Å². The van der Waals surface area contributed by atoms with Crippen LogP contribution in [0.2, 0.25) is 0 Å². The molecule has 0 aliphatic heterocycles. The lowest BCUT2D eigenvalue weighted by atomic mass is 10.0. The summed E-state index contributed by atoms with van der Waals surface area (Å²) in [6.07, 6.45) is 3.58. The van der Waals surface area contributed by atoms with Crippen LogP contribution in [0.5, 0.6) is 5.75 Å². The number of pyridine rings is 2. The highest BCUT2D eigenvalue weighted by molar-refractivity contribution is 6.09. The molecular formula is C23H21N3O3. The topological polar surface area (TPSA) is 87.3 Å². The zero-order valence-electron chi connectivity index (χ0n) is 16.3. The maximum Gasteiger partial charge on any atom is 0.337 e. The summed E-state index contributed by atoms with van der Waals surface area (Å²) >= 11 is 0. The van der Waals surface area contributed by atoms with E-state index >= 15 is 0 Å². The molecule has 0 atom stereocenters. The van der Waals surface area contributed by atoms with Gasteiger partial charge in [-0.3, -0.25) is 4.98 Å². The molecule has 0 aliphatic carbocycles. The van der Waals surface area contributed by atoms with Crippen molar-refractivity contribution < 1.29 is 14.3 Å². The van der Waals surface area contributed by atoms with E-state index in [0.29, 0.717) is 22.4 Å². The van der Waals surface area contributed by atoms with Crippen LogP contribution in [-0.4, -0.2) is 30.2 Å². The van der Waals surface area contributed by atoms with Crippen LogP contribution in [0, 0.1) is 0 Å². The van der Waals surface area contributed by atoms with Crippen molar-refractivity contribution >= 4 is 33.6 Å². The van der Waals surface area contributed by atoms with Crippen LogP contribution in [0.15, 0.2) is 54.7 Å². The first-order valence-corrected chi connectivity index (χ1v) is 9.28. The number of benzene rings is 2. The first-order chi connectivity index (χ1) is 14.1. The Labute approximate surface area is 168 Å². The van der Waals surface area contributed by atoms with Gasteiger partial charge in [0.15, 0.2) is 5.82 Å². The number of carbonyl (C=O) groups is 1. The molecule has 0 aliphatic rings. The van der Waals surface area contributed by atoms with Gasteiger partial charge < -0.3 is 15.2 Å². The Kier molecular flexibility index (Phi) is 4.99. The minimum absolute atomic E-state index is 0.344. The molecule has 146 valence electrons. The number of hydrogen-bond donors (Lipinski definition) is 1. The molecule has 29 heavy (non-hydrogen) atoms. The van der Waals surface area contributed by atoms with E-state index in [1.807, 2.05) is 24.4 Å². The normalized spacial score (nSPS) is 11.0. The average molecular weight is 387 g/mol. The van der Waals surface area contributed by atoms with Crippen molar-refractivity contribution in [1.82, 2.24) is 9.97 Å². The predicted octanol–water partition coefficient (Wildman–Crippen LogP) is 3.95. The predicted molar refractivity (Wildman–Crippen MR) is 113 cm³/mol. The summed E-state index contributed by atoms with van der Waals surface area (Å²) in [5.74, 6) is 0.789. The quantitative estimate of drug-likeness (QED) is 0.412. The molecule has 0 unspecified atom stereocenters. The second-order valence-corrected chi connectivity index (χ2v) is 6.81. The second kappa shape index (κ2) is 7.75. The molecule has 0 bridgehead atoms. The van der Waals surface area contributed by atoms with E-state index in [1.54, 1.807) is 19.2 Å². The van der Waals surface area contributed by atoms with E-state index in [-0.39, 0.29) is 0 Å². The van der Waals surface area contributed by atoms with E-state index in [9.17, 15) is 4.79 Å². The number of nitrogens with zero attached hydrogens (tertiary/aromatic N) is 2. The molecule has 0 fully saturated rings. The maximum absolute atomic E-state index is 11.8. The third-order valence-corrected chi connectivity index (χ3v) is 5.00. The summed E-state index contributed by atoms with van der Waals surface area (Å²) in [5.41, 5.74) is 10.2. The summed E-state index contributed by atoms with van der Waals surface area (Å²) in [7, 11) is 3.02. The minimum atomic E-state index is -0.404. The molecule has 4 aromatic rings. The van der Waals surface area contributed by atoms with Crippen molar-refractivity contribution in [2.24, 2.45) is 0 Å². The van der Waals surface area contributed by atoms with Crippen molar-refractivity contribution in [3.8, 4) is 5.75 Å². The minimum Gasteiger partial charge on any atom is -0.497 e. The number of ether oxygens (including phenoxy) is 2. The Bertz CT molecular complexity index is 1200. The number of nitrogen functional groups attached to an aromatic ring is 1. The summed E-state index contributed by atoms with van der Waals surface area (Å²) in [6, 6.07) is 15.5. The molecule has 0 saturated heterocycles. The number of aromatic nitrogens is 2. The van der Waals surface area contributed by atoms with Gasteiger partial charge in [0.25, 0.3) is 0 Å². The van der Waals surface area contributed by atoms with Crippen molar-refractivity contribution in [3.05, 3.63) is 71.4 Å². The van der Waals surface area contributed by atoms with Crippen molar-refractivity contribution in [2.45, 2.75) is 12.8 Å². The molecule has 0 radical (unpaired) electrons. The summed E-state index contributed by atoms with van der Waals surface area (Å²) in [4.78, 5) is 20.8. The van der Waals surface area contributed by atoms with Crippen LogP contribution >= 0.6 is 0 Å². The third-order valence-electron chi connectivity index (χ3n) is 5.00. The van der Waals surface area contributed by atoms with Gasteiger partial charge in [-0.05, 0) is 54.3 Å². The van der Waals surface area contributed by atoms with Crippen LogP contribution in [-0.2, 0) is 17.6 Å². The van der Waals surface area contributed by atoms with E-state index in [1.165, 1.54) is 12.7 Å². The smallest absolute Gasteiger partial charge is 0.337 e. The Hall–Kier alpha value is -3.67. The van der Waals surface area contributed by atoms with E-state index in [0.717, 1.165) is 34.9 Å². The fourth-order valence-electron chi connectivity index (χ4n) is 3.41. The van der Waals surface area contributed by atoms with Gasteiger partial charge in [-0.15, -0.1) is 0 Å². The number of esters is 1. The number of fused-ring (bicyclic) bond motifs is 3. The number of nitrogens with two attached hydrogens (primary N) is 1. The lowest BCUT2D eigenvalue weighted by molar-refractivity contribution is 0.0601. The fourth-order valence-corrected chi connectivity index (χ4v) is 3.41. The molecule has 6 heteroatoms. The zero-order valence-corrected chi connectivity index (χ0v) is 16.3. The van der Waals surface area contributed by atoms with Crippen molar-refractivity contribution in [2.75, 3.05) is 20.0 Å². The van der Waals surface area contributed by atoms with Crippen LogP contribution in [0.25, 0.3) is 21.8 Å². The number of carbonyl (C=O) groups excluding carboxylic acids is 1. The standard InChI is InChI=1S/C23H21N3O3/c1-28-17-8-5-14(6-9-17)3-4-15-11-19-18-10-7-16(23(27)29-2)12-20(18)26-22(24)21(19)25-13-15/h5-13H,3-4H2,1-2H3,(H2,24,26). The van der Waals surface area contributed by atoms with E-state index in [4.69, 9.17) is 15.2 Å². The van der Waals surface area contributed by atoms with Gasteiger partial charge in [0.2, 0.25) is 0 Å². The van der Waals surface area contributed by atoms with Crippen LogP contribution in [0.1, 0.15) is 21.5 Å². The zero-order chi connectivity index (χ0) is 20.4. The Morgan fingerprint density at radius 2 is 1.72 bits per heavy atom. The van der Waals surface area contributed by atoms with Crippen molar-refractivity contribution in [3.63, 3.8) is 0 Å². The third kappa shape index (κ3) is 3.69. The van der Waals surface area contributed by atoms with Gasteiger partial charge in [-0.25, -0.2) is 9.78 Å². The van der Waals surface area contributed by atoms with Crippen molar-refractivity contribution in [1.29, 1.82) is 0 Å². The summed E-state index contributed by atoms with van der Waals surface area (Å²) in [6.45, 7) is 0. The highest BCUT2D eigenvalue weighted by Gasteiger charge is 2.12.